The molecule has 0 spiro atoms. The Bertz CT molecular complexity index is 344. The number of hydrogen-bond donors (Lipinski definition) is 1. The average molecular weight is 225 g/mol. The zero-order chi connectivity index (χ0) is 12.1. The van der Waals surface area contributed by atoms with E-state index in [2.05, 4.69) is 0 Å². The van der Waals surface area contributed by atoms with Gasteiger partial charge in [-0.05, 0) is 25.5 Å². The van der Waals surface area contributed by atoms with Crippen LogP contribution in [0.2, 0.25) is 0 Å². The van der Waals surface area contributed by atoms with Crippen LogP contribution < -0.4 is 0 Å². The average Bonchev–Trinajstić information content (AvgIpc) is 2.73. The summed E-state index contributed by atoms with van der Waals surface area (Å²) in [7, 11) is 1.71. The van der Waals surface area contributed by atoms with Gasteiger partial charge in [0, 0.05) is 20.0 Å². The molecule has 1 amide bonds. The third kappa shape index (κ3) is 3.38. The normalized spacial score (nSPS) is 12.5. The van der Waals surface area contributed by atoms with E-state index in [9.17, 15) is 4.79 Å². The Kier molecular flexibility index (Phi) is 4.55. The predicted octanol–water partition coefficient (Wildman–Crippen LogP) is 1.68. The number of aryl methyl sites for hydroxylation is 1. The quantitative estimate of drug-likeness (QED) is 0.829. The molecule has 16 heavy (non-hydrogen) atoms. The number of amides is 1. The lowest BCUT2D eigenvalue weighted by molar-refractivity contribution is 0.0736. The number of rotatable bonds is 5. The summed E-state index contributed by atoms with van der Waals surface area (Å²) in [5.41, 5.74) is 0. The summed E-state index contributed by atoms with van der Waals surface area (Å²) in [5, 5.41) is 9.13. The molecule has 0 aliphatic rings. The van der Waals surface area contributed by atoms with Crippen LogP contribution in [0, 0.1) is 0 Å². The molecule has 1 aromatic heterocycles. The molecule has 4 nitrogen and oxygen atoms in total. The molecule has 0 saturated heterocycles. The molecule has 0 aromatic carbocycles. The molecule has 1 atom stereocenters. The van der Waals surface area contributed by atoms with Gasteiger partial charge in [0.2, 0.25) is 0 Å². The van der Waals surface area contributed by atoms with Crippen molar-refractivity contribution in [1.82, 2.24) is 4.90 Å². The first-order chi connectivity index (χ1) is 7.54. The van der Waals surface area contributed by atoms with Gasteiger partial charge in [-0.2, -0.15) is 0 Å². The third-order valence-corrected chi connectivity index (χ3v) is 2.45. The zero-order valence-corrected chi connectivity index (χ0v) is 10.1. The highest BCUT2D eigenvalue weighted by molar-refractivity contribution is 5.91. The highest BCUT2D eigenvalue weighted by atomic mass is 16.4. The topological polar surface area (TPSA) is 53.7 Å². The summed E-state index contributed by atoms with van der Waals surface area (Å²) in [4.78, 5) is 13.4. The van der Waals surface area contributed by atoms with Crippen LogP contribution in [0.5, 0.6) is 0 Å². The first-order valence-corrected chi connectivity index (χ1v) is 5.56. The zero-order valence-electron chi connectivity index (χ0n) is 10.1. The number of carbonyl (C=O) groups excluding carboxylic acids is 1. The summed E-state index contributed by atoms with van der Waals surface area (Å²) in [6, 6.07) is 3.51. The van der Waals surface area contributed by atoms with Crippen LogP contribution in [0.15, 0.2) is 16.5 Å². The van der Waals surface area contributed by atoms with Gasteiger partial charge in [-0.3, -0.25) is 4.79 Å². The fourth-order valence-electron chi connectivity index (χ4n) is 1.35. The SMILES string of the molecule is CCc1ccc(C(=O)N(C)CCC(C)O)o1. The lowest BCUT2D eigenvalue weighted by Gasteiger charge is -2.16. The summed E-state index contributed by atoms with van der Waals surface area (Å²) in [5.74, 6) is 1.04. The fraction of sp³-hybridized carbons (Fsp3) is 0.583. The van der Waals surface area contributed by atoms with Gasteiger partial charge in [0.1, 0.15) is 5.76 Å². The minimum Gasteiger partial charge on any atom is -0.456 e. The molecule has 0 aliphatic carbocycles. The molecule has 1 rings (SSSR count). The summed E-state index contributed by atoms with van der Waals surface area (Å²) >= 11 is 0. The van der Waals surface area contributed by atoms with Crippen molar-refractivity contribution in [1.29, 1.82) is 0 Å². The van der Waals surface area contributed by atoms with Crippen LogP contribution in [-0.2, 0) is 6.42 Å². The summed E-state index contributed by atoms with van der Waals surface area (Å²) < 4.78 is 5.37. The van der Waals surface area contributed by atoms with E-state index in [-0.39, 0.29) is 5.91 Å². The smallest absolute Gasteiger partial charge is 0.289 e. The van der Waals surface area contributed by atoms with Crippen molar-refractivity contribution >= 4 is 5.91 Å². The standard InChI is InChI=1S/C12H19NO3/c1-4-10-5-6-11(16-10)12(15)13(3)8-7-9(2)14/h5-6,9,14H,4,7-8H2,1-3H3. The summed E-state index contributed by atoms with van der Waals surface area (Å²) in [6.07, 6.45) is 0.965. The van der Waals surface area contributed by atoms with Crippen molar-refractivity contribution in [3.8, 4) is 0 Å². The molecule has 1 N–H and O–H groups in total. The van der Waals surface area contributed by atoms with E-state index >= 15 is 0 Å². The van der Waals surface area contributed by atoms with Crippen LogP contribution in [0.25, 0.3) is 0 Å². The van der Waals surface area contributed by atoms with Crippen molar-refractivity contribution in [2.24, 2.45) is 0 Å². The fourth-order valence-corrected chi connectivity index (χ4v) is 1.35. The summed E-state index contributed by atoms with van der Waals surface area (Å²) in [6.45, 7) is 4.21. The number of hydrogen-bond acceptors (Lipinski definition) is 3. The highest BCUT2D eigenvalue weighted by Crippen LogP contribution is 2.10. The molecule has 1 unspecified atom stereocenters. The molecule has 4 heteroatoms. The lowest BCUT2D eigenvalue weighted by Crippen LogP contribution is -2.29. The van der Waals surface area contributed by atoms with Gasteiger partial charge in [-0.25, -0.2) is 0 Å². The van der Waals surface area contributed by atoms with E-state index < -0.39 is 6.10 Å². The van der Waals surface area contributed by atoms with Crippen molar-refractivity contribution in [3.05, 3.63) is 23.7 Å². The van der Waals surface area contributed by atoms with E-state index in [1.165, 1.54) is 0 Å². The Balaban J connectivity index is 2.56. The Labute approximate surface area is 95.9 Å². The first kappa shape index (κ1) is 12.8. The van der Waals surface area contributed by atoms with Gasteiger partial charge in [-0.1, -0.05) is 6.92 Å². The Hall–Kier alpha value is -1.29. The highest BCUT2D eigenvalue weighted by Gasteiger charge is 2.15. The van der Waals surface area contributed by atoms with Crippen LogP contribution in [0.1, 0.15) is 36.6 Å². The molecule has 0 bridgehead atoms. The minimum atomic E-state index is -0.391. The molecule has 1 heterocycles. The molecule has 1 aromatic rings. The van der Waals surface area contributed by atoms with Crippen LogP contribution in [0.4, 0.5) is 0 Å². The second-order valence-corrected chi connectivity index (χ2v) is 3.98. The van der Waals surface area contributed by atoms with Gasteiger partial charge in [0.25, 0.3) is 5.91 Å². The number of nitrogens with zero attached hydrogens (tertiary/aromatic N) is 1. The maximum Gasteiger partial charge on any atom is 0.289 e. The van der Waals surface area contributed by atoms with Gasteiger partial charge in [0.05, 0.1) is 6.10 Å². The van der Waals surface area contributed by atoms with Gasteiger partial charge >= 0.3 is 0 Å². The number of carbonyl (C=O) groups is 1. The van der Waals surface area contributed by atoms with Crippen molar-refractivity contribution in [2.75, 3.05) is 13.6 Å². The first-order valence-electron chi connectivity index (χ1n) is 5.56. The minimum absolute atomic E-state index is 0.139. The van der Waals surface area contributed by atoms with Crippen molar-refractivity contribution < 1.29 is 14.3 Å². The second-order valence-electron chi connectivity index (χ2n) is 3.98. The van der Waals surface area contributed by atoms with Gasteiger partial charge < -0.3 is 14.4 Å². The van der Waals surface area contributed by atoms with E-state index in [4.69, 9.17) is 9.52 Å². The largest absolute Gasteiger partial charge is 0.456 e. The maximum absolute atomic E-state index is 11.8. The Morgan fingerprint density at radius 1 is 1.56 bits per heavy atom. The third-order valence-electron chi connectivity index (χ3n) is 2.45. The monoisotopic (exact) mass is 225 g/mol. The molecule has 90 valence electrons. The van der Waals surface area contributed by atoms with Crippen LogP contribution in [0.3, 0.4) is 0 Å². The Morgan fingerprint density at radius 2 is 2.25 bits per heavy atom. The number of aliphatic hydroxyl groups excluding tert-OH is 1. The van der Waals surface area contributed by atoms with E-state index in [1.807, 2.05) is 13.0 Å². The molecule has 0 radical (unpaired) electrons. The lowest BCUT2D eigenvalue weighted by atomic mass is 10.2. The molecular formula is C12H19NO3. The maximum atomic E-state index is 11.8. The number of aliphatic hydroxyl groups is 1. The van der Waals surface area contributed by atoms with Crippen LogP contribution >= 0.6 is 0 Å². The second kappa shape index (κ2) is 5.70. The van der Waals surface area contributed by atoms with Gasteiger partial charge in [0.15, 0.2) is 5.76 Å². The van der Waals surface area contributed by atoms with Crippen molar-refractivity contribution in [2.45, 2.75) is 32.8 Å². The molecule has 0 fully saturated rings. The Morgan fingerprint density at radius 3 is 2.75 bits per heavy atom. The molecular weight excluding hydrogens is 206 g/mol. The van der Waals surface area contributed by atoms with E-state index in [1.54, 1.807) is 24.9 Å². The van der Waals surface area contributed by atoms with Crippen LogP contribution in [-0.4, -0.2) is 35.6 Å². The number of furan rings is 1. The van der Waals surface area contributed by atoms with E-state index in [0.29, 0.717) is 18.7 Å². The van der Waals surface area contributed by atoms with Crippen molar-refractivity contribution in [3.63, 3.8) is 0 Å². The molecule has 0 saturated carbocycles. The predicted molar refractivity (Wildman–Crippen MR) is 61.3 cm³/mol. The molecule has 0 aliphatic heterocycles. The van der Waals surface area contributed by atoms with Gasteiger partial charge in [-0.15, -0.1) is 0 Å². The van der Waals surface area contributed by atoms with E-state index in [0.717, 1.165) is 12.2 Å².